The van der Waals surface area contributed by atoms with Gasteiger partial charge in [0, 0.05) is 29.3 Å². The first-order valence-corrected chi connectivity index (χ1v) is 11.4. The van der Waals surface area contributed by atoms with Gasteiger partial charge in [-0.2, -0.15) is 0 Å². The summed E-state index contributed by atoms with van der Waals surface area (Å²) in [5, 5.41) is 4.22. The molecule has 2 aromatic heterocycles. The summed E-state index contributed by atoms with van der Waals surface area (Å²) in [6.45, 7) is 0.407. The number of ether oxygens (including phenoxy) is 1. The topological polar surface area (TPSA) is 116 Å². The van der Waals surface area contributed by atoms with Crippen LogP contribution < -0.4 is 20.3 Å². The second-order valence-corrected chi connectivity index (χ2v) is 8.91. The van der Waals surface area contributed by atoms with Gasteiger partial charge in [-0.05, 0) is 48.0 Å². The molecule has 0 fully saturated rings. The number of hydrogen-bond acceptors (Lipinski definition) is 5. The van der Waals surface area contributed by atoms with Crippen molar-refractivity contribution in [1.82, 2.24) is 9.97 Å². The third kappa shape index (κ3) is 4.72. The van der Waals surface area contributed by atoms with Gasteiger partial charge in [-0.3, -0.25) is 9.52 Å². The van der Waals surface area contributed by atoms with E-state index in [9.17, 15) is 13.2 Å². The number of methoxy groups -OCH3 is 1. The van der Waals surface area contributed by atoms with Gasteiger partial charge in [0.1, 0.15) is 5.75 Å². The van der Waals surface area contributed by atoms with Crippen LogP contribution in [0.25, 0.3) is 22.2 Å². The zero-order chi connectivity index (χ0) is 22.0. The zero-order valence-electron chi connectivity index (χ0n) is 17.0. The Kier molecular flexibility index (Phi) is 5.43. The second-order valence-electron chi connectivity index (χ2n) is 7.16. The SMILES string of the molecule is COc1ccc2[nH]c(-c3c(NCc4cccc(NS(C)(=O)=O)c4)cc[nH]c3=O)cc2c1. The first kappa shape index (κ1) is 20.5. The first-order chi connectivity index (χ1) is 14.8. The van der Waals surface area contributed by atoms with E-state index in [-0.39, 0.29) is 5.56 Å². The molecule has 0 aliphatic carbocycles. The van der Waals surface area contributed by atoms with Crippen molar-refractivity contribution in [3.8, 4) is 17.0 Å². The maximum Gasteiger partial charge on any atom is 0.259 e. The number of benzene rings is 2. The van der Waals surface area contributed by atoms with Gasteiger partial charge < -0.3 is 20.0 Å². The molecule has 2 heterocycles. The van der Waals surface area contributed by atoms with Gasteiger partial charge in [0.2, 0.25) is 10.0 Å². The molecule has 0 saturated heterocycles. The summed E-state index contributed by atoms with van der Waals surface area (Å²) >= 11 is 0. The quantitative estimate of drug-likeness (QED) is 0.352. The number of fused-ring (bicyclic) bond motifs is 1. The van der Waals surface area contributed by atoms with E-state index in [1.807, 2.05) is 30.3 Å². The Morgan fingerprint density at radius 1 is 1.06 bits per heavy atom. The number of hydrogen-bond donors (Lipinski definition) is 4. The molecule has 0 radical (unpaired) electrons. The fourth-order valence-corrected chi connectivity index (χ4v) is 3.98. The molecule has 0 atom stereocenters. The van der Waals surface area contributed by atoms with E-state index in [1.54, 1.807) is 37.6 Å². The molecular weight excluding hydrogens is 416 g/mol. The molecule has 2 aromatic carbocycles. The van der Waals surface area contributed by atoms with Crippen LogP contribution in [0.15, 0.2) is 65.6 Å². The van der Waals surface area contributed by atoms with Crippen LogP contribution in [0.4, 0.5) is 11.4 Å². The predicted octanol–water partition coefficient (Wildman–Crippen LogP) is 3.52. The Hall–Kier alpha value is -3.72. The fourth-order valence-electron chi connectivity index (χ4n) is 3.42. The van der Waals surface area contributed by atoms with E-state index in [0.29, 0.717) is 29.2 Å². The Balaban J connectivity index is 1.64. The number of anilines is 2. The number of pyridine rings is 1. The standard InChI is InChI=1S/C22H22N4O4S/c1-30-17-6-7-18-15(11-17)12-20(25-18)21-19(8-9-23-22(21)27)24-13-14-4-3-5-16(10-14)26-31(2,28)29/h3-12,25-26H,13H2,1-2H3,(H2,23,24,27). The van der Waals surface area contributed by atoms with Crippen LogP contribution in [0.1, 0.15) is 5.56 Å². The molecule has 4 aromatic rings. The molecule has 8 nitrogen and oxygen atoms in total. The van der Waals surface area contributed by atoms with Gasteiger partial charge >= 0.3 is 0 Å². The highest BCUT2D eigenvalue weighted by Crippen LogP contribution is 2.29. The van der Waals surface area contributed by atoms with Gasteiger partial charge in [0.15, 0.2) is 0 Å². The van der Waals surface area contributed by atoms with Crippen LogP contribution >= 0.6 is 0 Å². The lowest BCUT2D eigenvalue weighted by atomic mass is 10.1. The Morgan fingerprint density at radius 3 is 2.68 bits per heavy atom. The fraction of sp³-hybridized carbons (Fsp3) is 0.136. The van der Waals surface area contributed by atoms with Crippen molar-refractivity contribution < 1.29 is 13.2 Å². The molecule has 0 saturated carbocycles. The highest BCUT2D eigenvalue weighted by molar-refractivity contribution is 7.92. The minimum absolute atomic E-state index is 0.226. The monoisotopic (exact) mass is 438 g/mol. The van der Waals surface area contributed by atoms with Crippen LogP contribution in [0.3, 0.4) is 0 Å². The number of rotatable bonds is 7. The Bertz CT molecular complexity index is 1410. The summed E-state index contributed by atoms with van der Waals surface area (Å²) < 4.78 is 30.7. The number of nitrogens with one attached hydrogen (secondary N) is 4. The molecular formula is C22H22N4O4S. The second kappa shape index (κ2) is 8.19. The number of aromatic amines is 2. The Morgan fingerprint density at radius 2 is 1.90 bits per heavy atom. The summed E-state index contributed by atoms with van der Waals surface area (Å²) in [6.07, 6.45) is 2.69. The summed E-state index contributed by atoms with van der Waals surface area (Å²) in [4.78, 5) is 18.7. The summed E-state index contributed by atoms with van der Waals surface area (Å²) in [5.74, 6) is 0.737. The van der Waals surface area contributed by atoms with E-state index < -0.39 is 10.0 Å². The normalized spacial score (nSPS) is 11.4. The number of H-pyrrole nitrogens is 2. The van der Waals surface area contributed by atoms with Crippen LogP contribution in [-0.2, 0) is 16.6 Å². The van der Waals surface area contributed by atoms with Crippen molar-refractivity contribution in [2.45, 2.75) is 6.54 Å². The minimum atomic E-state index is -3.36. The van der Waals surface area contributed by atoms with E-state index in [0.717, 1.165) is 28.5 Å². The molecule has 0 bridgehead atoms. The van der Waals surface area contributed by atoms with Crippen molar-refractivity contribution >= 4 is 32.3 Å². The summed E-state index contributed by atoms with van der Waals surface area (Å²) in [5.41, 5.74) is 3.84. The third-order valence-electron chi connectivity index (χ3n) is 4.77. The first-order valence-electron chi connectivity index (χ1n) is 9.52. The van der Waals surface area contributed by atoms with Crippen LogP contribution in [0.2, 0.25) is 0 Å². The van der Waals surface area contributed by atoms with Crippen molar-refractivity contribution in [2.75, 3.05) is 23.4 Å². The van der Waals surface area contributed by atoms with Gasteiger partial charge in [0.05, 0.1) is 30.3 Å². The Labute approximate surface area is 179 Å². The minimum Gasteiger partial charge on any atom is -0.497 e. The van der Waals surface area contributed by atoms with Gasteiger partial charge in [-0.25, -0.2) is 8.42 Å². The van der Waals surface area contributed by atoms with Crippen molar-refractivity contribution in [3.05, 3.63) is 76.7 Å². The van der Waals surface area contributed by atoms with Crippen LogP contribution in [0.5, 0.6) is 5.75 Å². The molecule has 160 valence electrons. The molecule has 4 rings (SSSR count). The molecule has 31 heavy (non-hydrogen) atoms. The highest BCUT2D eigenvalue weighted by Gasteiger charge is 2.13. The van der Waals surface area contributed by atoms with Crippen molar-refractivity contribution in [3.63, 3.8) is 0 Å². The van der Waals surface area contributed by atoms with Crippen molar-refractivity contribution in [2.24, 2.45) is 0 Å². The van der Waals surface area contributed by atoms with E-state index in [4.69, 9.17) is 4.74 Å². The van der Waals surface area contributed by atoms with Crippen molar-refractivity contribution in [1.29, 1.82) is 0 Å². The highest BCUT2D eigenvalue weighted by atomic mass is 32.2. The largest absolute Gasteiger partial charge is 0.497 e. The van der Waals surface area contributed by atoms with E-state index >= 15 is 0 Å². The summed E-state index contributed by atoms with van der Waals surface area (Å²) in [6, 6.07) is 16.4. The van der Waals surface area contributed by atoms with Gasteiger partial charge in [-0.1, -0.05) is 12.1 Å². The average molecular weight is 439 g/mol. The summed E-state index contributed by atoms with van der Waals surface area (Å²) in [7, 11) is -1.75. The van der Waals surface area contributed by atoms with Crippen LogP contribution in [0, 0.1) is 0 Å². The smallest absolute Gasteiger partial charge is 0.259 e. The van der Waals surface area contributed by atoms with E-state index in [1.165, 1.54) is 0 Å². The predicted molar refractivity (Wildman–Crippen MR) is 123 cm³/mol. The molecule has 4 N–H and O–H groups in total. The molecule has 0 aliphatic heterocycles. The maximum atomic E-state index is 12.6. The lowest BCUT2D eigenvalue weighted by molar-refractivity contribution is 0.415. The number of aromatic nitrogens is 2. The van der Waals surface area contributed by atoms with Gasteiger partial charge in [0.25, 0.3) is 5.56 Å². The molecule has 0 unspecified atom stereocenters. The van der Waals surface area contributed by atoms with E-state index in [2.05, 4.69) is 20.0 Å². The molecule has 0 amide bonds. The maximum absolute atomic E-state index is 12.6. The number of sulfonamides is 1. The molecule has 0 spiro atoms. The molecule has 9 heteroatoms. The van der Waals surface area contributed by atoms with Crippen LogP contribution in [-0.4, -0.2) is 31.8 Å². The zero-order valence-corrected chi connectivity index (χ0v) is 17.8. The molecule has 0 aliphatic rings. The average Bonchev–Trinajstić information content (AvgIpc) is 3.13. The van der Waals surface area contributed by atoms with Gasteiger partial charge in [-0.15, -0.1) is 0 Å². The lowest BCUT2D eigenvalue weighted by Crippen LogP contribution is -2.13. The third-order valence-corrected chi connectivity index (χ3v) is 5.38. The lowest BCUT2D eigenvalue weighted by Gasteiger charge is -2.12.